The number of nitrogens with zero attached hydrogens (tertiary/aromatic N) is 4. The minimum atomic E-state index is -3.77. The van der Waals surface area contributed by atoms with Crippen molar-refractivity contribution in [1.82, 2.24) is 19.0 Å². The lowest BCUT2D eigenvalue weighted by atomic mass is 10.1. The van der Waals surface area contributed by atoms with Crippen molar-refractivity contribution in [1.29, 1.82) is 0 Å². The lowest BCUT2D eigenvalue weighted by molar-refractivity contribution is 0.0691. The summed E-state index contributed by atoms with van der Waals surface area (Å²) >= 11 is 12.0. The molecule has 0 unspecified atom stereocenters. The summed E-state index contributed by atoms with van der Waals surface area (Å²) in [7, 11) is -3.77. The molecule has 0 N–H and O–H groups in total. The molecule has 1 aromatic heterocycles. The Kier molecular flexibility index (Phi) is 5.39. The molecule has 4 rings (SSSR count). The summed E-state index contributed by atoms with van der Waals surface area (Å²) in [6.45, 7) is 1.85. The predicted octanol–water partition coefficient (Wildman–Crippen LogP) is 2.67. The normalized spacial score (nSPS) is 18.1. The molecule has 0 atom stereocenters. The maximum atomic E-state index is 12.9. The molecule has 1 fully saturated rings. The number of halogens is 2. The molecule has 10 heteroatoms. The summed E-state index contributed by atoms with van der Waals surface area (Å²) < 4.78 is 29.0. The molecule has 0 radical (unpaired) electrons. The van der Waals surface area contributed by atoms with Gasteiger partial charge < -0.3 is 4.90 Å². The van der Waals surface area contributed by atoms with Crippen molar-refractivity contribution in [3.8, 4) is 0 Å². The SMILES string of the molecule is O=C(c1cc2n(n1)CCCC2)N1CCN(S(=O)(=O)c2cc(Cl)ccc2Cl)CC1. The van der Waals surface area contributed by atoms with Crippen LogP contribution in [0.2, 0.25) is 10.0 Å². The van der Waals surface area contributed by atoms with E-state index in [1.165, 1.54) is 16.4 Å². The molecule has 0 bridgehead atoms. The molecule has 7 nitrogen and oxygen atoms in total. The summed E-state index contributed by atoms with van der Waals surface area (Å²) in [4.78, 5) is 14.4. The maximum Gasteiger partial charge on any atom is 0.274 e. The lowest BCUT2D eigenvalue weighted by Crippen LogP contribution is -2.50. The second-order valence-electron chi connectivity index (χ2n) is 6.97. The van der Waals surface area contributed by atoms with Crippen LogP contribution in [0.15, 0.2) is 29.2 Å². The molecular weight excluding hydrogens is 423 g/mol. The van der Waals surface area contributed by atoms with Gasteiger partial charge in [-0.1, -0.05) is 23.2 Å². The van der Waals surface area contributed by atoms with Gasteiger partial charge in [0, 0.05) is 43.4 Å². The first-order valence-corrected chi connectivity index (χ1v) is 11.4. The summed E-state index contributed by atoms with van der Waals surface area (Å²) in [5, 5.41) is 4.86. The summed E-state index contributed by atoms with van der Waals surface area (Å²) in [6, 6.07) is 6.23. The monoisotopic (exact) mass is 442 g/mol. The highest BCUT2D eigenvalue weighted by Gasteiger charge is 2.32. The molecule has 1 saturated heterocycles. The maximum absolute atomic E-state index is 12.9. The van der Waals surface area contributed by atoms with Crippen molar-refractivity contribution < 1.29 is 13.2 Å². The van der Waals surface area contributed by atoms with Crippen LogP contribution in [0.3, 0.4) is 0 Å². The minimum Gasteiger partial charge on any atom is -0.335 e. The highest BCUT2D eigenvalue weighted by molar-refractivity contribution is 7.89. The van der Waals surface area contributed by atoms with Crippen molar-refractivity contribution in [3.63, 3.8) is 0 Å². The molecule has 2 aromatic rings. The topological polar surface area (TPSA) is 75.5 Å². The molecule has 150 valence electrons. The Bertz CT molecular complexity index is 990. The molecule has 2 aliphatic heterocycles. The number of aryl methyl sites for hydroxylation is 2. The number of fused-ring (bicyclic) bond motifs is 1. The number of carbonyl (C=O) groups excluding carboxylic acids is 1. The van der Waals surface area contributed by atoms with Crippen molar-refractivity contribution in [2.45, 2.75) is 30.7 Å². The van der Waals surface area contributed by atoms with Crippen LogP contribution in [0, 0.1) is 0 Å². The first-order chi connectivity index (χ1) is 13.4. The van der Waals surface area contributed by atoms with Crippen LogP contribution in [0.4, 0.5) is 0 Å². The minimum absolute atomic E-state index is 0.0109. The Morgan fingerprint density at radius 3 is 2.46 bits per heavy atom. The number of aromatic nitrogens is 2. The van der Waals surface area contributed by atoms with Gasteiger partial charge >= 0.3 is 0 Å². The second-order valence-corrected chi connectivity index (χ2v) is 9.72. The first-order valence-electron chi connectivity index (χ1n) is 9.17. The zero-order chi connectivity index (χ0) is 19.9. The van der Waals surface area contributed by atoms with Crippen molar-refractivity contribution in [2.75, 3.05) is 26.2 Å². The quantitative estimate of drug-likeness (QED) is 0.731. The molecule has 0 aliphatic carbocycles. The van der Waals surface area contributed by atoms with Gasteiger partial charge in [0.15, 0.2) is 5.69 Å². The van der Waals surface area contributed by atoms with Crippen LogP contribution in [-0.4, -0.2) is 59.5 Å². The summed E-state index contributed by atoms with van der Waals surface area (Å²) in [5.74, 6) is -0.153. The third-order valence-electron chi connectivity index (χ3n) is 5.17. The van der Waals surface area contributed by atoms with Crippen LogP contribution in [0.1, 0.15) is 29.0 Å². The van der Waals surface area contributed by atoms with E-state index in [4.69, 9.17) is 23.2 Å². The standard InChI is InChI=1S/C18H20Cl2N4O3S/c19-13-4-5-15(20)17(11-13)28(26,27)23-9-7-22(8-10-23)18(25)16-12-14-3-1-2-6-24(14)21-16/h4-5,11-12H,1-3,6-10H2. The lowest BCUT2D eigenvalue weighted by Gasteiger charge is -2.33. The molecule has 1 amide bonds. The van der Waals surface area contributed by atoms with Crippen LogP contribution in [0.25, 0.3) is 0 Å². The van der Waals surface area contributed by atoms with Gasteiger partial charge in [0.1, 0.15) is 4.90 Å². The van der Waals surface area contributed by atoms with E-state index in [-0.39, 0.29) is 28.9 Å². The Morgan fingerprint density at radius 2 is 1.75 bits per heavy atom. The third kappa shape index (κ3) is 3.66. The summed E-state index contributed by atoms with van der Waals surface area (Å²) in [5.41, 5.74) is 1.53. The van der Waals surface area contributed by atoms with E-state index >= 15 is 0 Å². The third-order valence-corrected chi connectivity index (χ3v) is 7.79. The number of hydrogen-bond acceptors (Lipinski definition) is 4. The number of amides is 1. The van der Waals surface area contributed by atoms with E-state index in [9.17, 15) is 13.2 Å². The number of carbonyl (C=O) groups is 1. The Labute approximate surface area is 173 Å². The number of rotatable bonds is 3. The number of sulfonamides is 1. The highest BCUT2D eigenvalue weighted by Crippen LogP contribution is 2.28. The van der Waals surface area contributed by atoms with Gasteiger partial charge in [-0.05, 0) is 43.5 Å². The number of hydrogen-bond donors (Lipinski definition) is 0. The van der Waals surface area contributed by atoms with Crippen LogP contribution < -0.4 is 0 Å². The Balaban J connectivity index is 1.46. The molecule has 2 aliphatic rings. The smallest absolute Gasteiger partial charge is 0.274 e. The fraction of sp³-hybridized carbons (Fsp3) is 0.444. The zero-order valence-electron chi connectivity index (χ0n) is 15.1. The van der Waals surface area contributed by atoms with Crippen LogP contribution in [0.5, 0.6) is 0 Å². The molecule has 0 spiro atoms. The van der Waals surface area contributed by atoms with Gasteiger partial charge in [-0.25, -0.2) is 8.42 Å². The van der Waals surface area contributed by atoms with Crippen molar-refractivity contribution >= 4 is 39.1 Å². The molecule has 28 heavy (non-hydrogen) atoms. The van der Waals surface area contributed by atoms with Gasteiger partial charge in [0.2, 0.25) is 10.0 Å². The average Bonchev–Trinajstić information content (AvgIpc) is 3.13. The molecule has 1 aromatic carbocycles. The van der Waals surface area contributed by atoms with Crippen LogP contribution in [-0.2, 0) is 23.0 Å². The van der Waals surface area contributed by atoms with Gasteiger partial charge in [0.25, 0.3) is 5.91 Å². The molecule has 0 saturated carbocycles. The van der Waals surface area contributed by atoms with E-state index < -0.39 is 10.0 Å². The first kappa shape index (κ1) is 19.7. The largest absolute Gasteiger partial charge is 0.335 e. The molecule has 3 heterocycles. The fourth-order valence-electron chi connectivity index (χ4n) is 3.63. The van der Waals surface area contributed by atoms with E-state index in [0.29, 0.717) is 23.8 Å². The van der Waals surface area contributed by atoms with Crippen LogP contribution >= 0.6 is 23.2 Å². The van der Waals surface area contributed by atoms with E-state index in [1.54, 1.807) is 11.0 Å². The fourth-order valence-corrected chi connectivity index (χ4v) is 5.79. The van der Waals surface area contributed by atoms with Crippen molar-refractivity contribution in [2.24, 2.45) is 0 Å². The number of benzene rings is 1. The van der Waals surface area contributed by atoms with E-state index in [1.807, 2.05) is 10.7 Å². The highest BCUT2D eigenvalue weighted by atomic mass is 35.5. The summed E-state index contributed by atoms with van der Waals surface area (Å²) in [6.07, 6.45) is 3.12. The van der Waals surface area contributed by atoms with Crippen molar-refractivity contribution in [3.05, 3.63) is 45.7 Å². The Hall–Kier alpha value is -1.61. The molecular formula is C18H20Cl2N4O3S. The Morgan fingerprint density at radius 1 is 1.00 bits per heavy atom. The van der Waals surface area contributed by atoms with E-state index in [2.05, 4.69) is 5.10 Å². The second kappa shape index (κ2) is 7.67. The number of piperazine rings is 1. The predicted molar refractivity (Wildman–Crippen MR) is 106 cm³/mol. The van der Waals surface area contributed by atoms with Gasteiger partial charge in [-0.2, -0.15) is 9.40 Å². The average molecular weight is 443 g/mol. The van der Waals surface area contributed by atoms with Gasteiger partial charge in [-0.15, -0.1) is 0 Å². The van der Waals surface area contributed by atoms with Gasteiger partial charge in [-0.3, -0.25) is 9.48 Å². The van der Waals surface area contributed by atoms with Gasteiger partial charge in [0.05, 0.1) is 5.02 Å². The van der Waals surface area contributed by atoms with E-state index in [0.717, 1.165) is 31.5 Å². The zero-order valence-corrected chi connectivity index (χ0v) is 17.5.